The van der Waals surface area contributed by atoms with Gasteiger partial charge in [0.05, 0.1) is 6.61 Å². The van der Waals surface area contributed by atoms with Crippen LogP contribution in [0.5, 0.6) is 0 Å². The number of hydrogen-bond acceptors (Lipinski definition) is 3. The minimum Gasteiger partial charge on any atom is -0.381 e. The molecule has 1 aliphatic rings. The summed E-state index contributed by atoms with van der Waals surface area (Å²) >= 11 is 0. The fourth-order valence-corrected chi connectivity index (χ4v) is 3.03. The molecule has 1 fully saturated rings. The number of nitrogens with zero attached hydrogens (tertiary/aromatic N) is 1. The molecule has 2 rings (SSSR count). The summed E-state index contributed by atoms with van der Waals surface area (Å²) in [6, 6.07) is 9.46. The second-order valence-corrected chi connectivity index (χ2v) is 6.06. The van der Waals surface area contributed by atoms with Crippen LogP contribution in [-0.2, 0) is 4.74 Å². The largest absolute Gasteiger partial charge is 0.381 e. The van der Waals surface area contributed by atoms with Crippen molar-refractivity contribution in [3.05, 3.63) is 29.8 Å². The SMILES string of the molecule is CCCNC1CCOCC1CN(CC)c1ccc(C)cc1. The van der Waals surface area contributed by atoms with E-state index in [9.17, 15) is 0 Å². The number of hydrogen-bond donors (Lipinski definition) is 1. The summed E-state index contributed by atoms with van der Waals surface area (Å²) in [6.07, 6.45) is 2.33. The average molecular weight is 290 g/mol. The van der Waals surface area contributed by atoms with E-state index in [2.05, 4.69) is 55.3 Å². The summed E-state index contributed by atoms with van der Waals surface area (Å²) < 4.78 is 5.73. The lowest BCUT2D eigenvalue weighted by Gasteiger charge is -2.36. The van der Waals surface area contributed by atoms with Crippen molar-refractivity contribution in [1.82, 2.24) is 5.32 Å². The predicted octanol–water partition coefficient (Wildman–Crippen LogP) is 3.23. The van der Waals surface area contributed by atoms with Crippen molar-refractivity contribution in [2.45, 2.75) is 39.7 Å². The van der Waals surface area contributed by atoms with Crippen molar-refractivity contribution in [1.29, 1.82) is 0 Å². The summed E-state index contributed by atoms with van der Waals surface area (Å²) in [7, 11) is 0. The number of rotatable bonds is 7. The van der Waals surface area contributed by atoms with Crippen LogP contribution in [-0.4, -0.2) is 38.9 Å². The maximum absolute atomic E-state index is 5.73. The Morgan fingerprint density at radius 2 is 2.00 bits per heavy atom. The van der Waals surface area contributed by atoms with Gasteiger partial charge in [0, 0.05) is 37.3 Å². The Kier molecular flexibility index (Phi) is 6.52. The number of benzene rings is 1. The first-order valence-corrected chi connectivity index (χ1v) is 8.37. The van der Waals surface area contributed by atoms with Crippen LogP contribution in [0.25, 0.3) is 0 Å². The molecule has 0 spiro atoms. The zero-order valence-electron chi connectivity index (χ0n) is 13.8. The lowest BCUT2D eigenvalue weighted by molar-refractivity contribution is 0.0348. The third-order valence-electron chi connectivity index (χ3n) is 4.37. The normalized spacial score (nSPS) is 22.2. The van der Waals surface area contributed by atoms with Gasteiger partial charge in [0.25, 0.3) is 0 Å². The molecule has 1 aliphatic heterocycles. The summed E-state index contributed by atoms with van der Waals surface area (Å²) in [5, 5.41) is 3.70. The van der Waals surface area contributed by atoms with Crippen molar-refractivity contribution >= 4 is 5.69 Å². The lowest BCUT2D eigenvalue weighted by Crippen LogP contribution is -2.48. The molecule has 3 nitrogen and oxygen atoms in total. The second-order valence-electron chi connectivity index (χ2n) is 6.06. The van der Waals surface area contributed by atoms with Crippen LogP contribution in [0.3, 0.4) is 0 Å². The number of ether oxygens (including phenoxy) is 1. The molecule has 1 N–H and O–H groups in total. The van der Waals surface area contributed by atoms with E-state index in [4.69, 9.17) is 4.74 Å². The van der Waals surface area contributed by atoms with Crippen LogP contribution in [0.4, 0.5) is 5.69 Å². The lowest BCUT2D eigenvalue weighted by atomic mass is 9.94. The van der Waals surface area contributed by atoms with Crippen molar-refractivity contribution in [2.75, 3.05) is 37.7 Å². The van der Waals surface area contributed by atoms with Crippen LogP contribution >= 0.6 is 0 Å². The molecule has 3 heteroatoms. The van der Waals surface area contributed by atoms with Gasteiger partial charge in [-0.1, -0.05) is 24.6 Å². The molecule has 1 heterocycles. The van der Waals surface area contributed by atoms with Crippen LogP contribution < -0.4 is 10.2 Å². The van der Waals surface area contributed by atoms with Crippen molar-refractivity contribution < 1.29 is 4.74 Å². The molecule has 1 aromatic rings. The molecule has 0 amide bonds. The van der Waals surface area contributed by atoms with Gasteiger partial charge >= 0.3 is 0 Å². The molecule has 0 aromatic heterocycles. The Morgan fingerprint density at radius 1 is 1.24 bits per heavy atom. The summed E-state index contributed by atoms with van der Waals surface area (Å²) in [5.74, 6) is 0.576. The van der Waals surface area contributed by atoms with Gasteiger partial charge in [-0.25, -0.2) is 0 Å². The highest BCUT2D eigenvalue weighted by Gasteiger charge is 2.26. The zero-order valence-corrected chi connectivity index (χ0v) is 13.8. The molecular weight excluding hydrogens is 260 g/mol. The Morgan fingerprint density at radius 3 is 2.67 bits per heavy atom. The van der Waals surface area contributed by atoms with Crippen LogP contribution in [0.1, 0.15) is 32.3 Å². The fourth-order valence-electron chi connectivity index (χ4n) is 3.03. The quantitative estimate of drug-likeness (QED) is 0.834. The van der Waals surface area contributed by atoms with Crippen LogP contribution in [0.15, 0.2) is 24.3 Å². The maximum Gasteiger partial charge on any atom is 0.0526 e. The van der Waals surface area contributed by atoms with E-state index in [-0.39, 0.29) is 0 Å². The summed E-state index contributed by atoms with van der Waals surface area (Å²) in [5.41, 5.74) is 2.64. The number of anilines is 1. The third-order valence-corrected chi connectivity index (χ3v) is 4.37. The Bertz CT molecular complexity index is 404. The highest BCUT2D eigenvalue weighted by molar-refractivity contribution is 5.47. The molecule has 1 aromatic carbocycles. The van der Waals surface area contributed by atoms with Gasteiger partial charge in [0.1, 0.15) is 0 Å². The second kappa shape index (κ2) is 8.40. The van der Waals surface area contributed by atoms with E-state index in [0.29, 0.717) is 12.0 Å². The Labute approximate surface area is 129 Å². The summed E-state index contributed by atoms with van der Waals surface area (Å²) in [4.78, 5) is 2.47. The molecule has 0 aliphatic carbocycles. The Hall–Kier alpha value is -1.06. The third kappa shape index (κ3) is 4.72. The molecule has 1 saturated heterocycles. The highest BCUT2D eigenvalue weighted by atomic mass is 16.5. The van der Waals surface area contributed by atoms with E-state index in [1.807, 2.05) is 0 Å². The highest BCUT2D eigenvalue weighted by Crippen LogP contribution is 2.21. The molecular formula is C18H30N2O. The standard InChI is InChI=1S/C18H30N2O/c1-4-11-19-18-10-12-21-14-16(18)13-20(5-2)17-8-6-15(3)7-9-17/h6-9,16,18-19H,4-5,10-14H2,1-3H3. The zero-order chi connectivity index (χ0) is 15.1. The van der Waals surface area contributed by atoms with E-state index in [1.165, 1.54) is 17.7 Å². The molecule has 0 saturated carbocycles. The average Bonchev–Trinajstić information content (AvgIpc) is 2.52. The minimum absolute atomic E-state index is 0.576. The first-order valence-electron chi connectivity index (χ1n) is 8.37. The first-order chi connectivity index (χ1) is 10.2. The number of nitrogens with one attached hydrogen (secondary N) is 1. The smallest absolute Gasteiger partial charge is 0.0526 e. The van der Waals surface area contributed by atoms with Crippen LogP contribution in [0.2, 0.25) is 0 Å². The van der Waals surface area contributed by atoms with E-state index >= 15 is 0 Å². The van der Waals surface area contributed by atoms with Gasteiger partial charge in [-0.3, -0.25) is 0 Å². The molecule has 21 heavy (non-hydrogen) atoms. The van der Waals surface area contributed by atoms with E-state index < -0.39 is 0 Å². The van der Waals surface area contributed by atoms with Crippen molar-refractivity contribution in [2.24, 2.45) is 5.92 Å². The maximum atomic E-state index is 5.73. The van der Waals surface area contributed by atoms with Gasteiger partial charge in [-0.15, -0.1) is 0 Å². The molecule has 0 radical (unpaired) electrons. The van der Waals surface area contributed by atoms with E-state index in [1.54, 1.807) is 0 Å². The molecule has 118 valence electrons. The number of aryl methyl sites for hydroxylation is 1. The predicted molar refractivity (Wildman–Crippen MR) is 90.1 cm³/mol. The molecule has 2 atom stereocenters. The summed E-state index contributed by atoms with van der Waals surface area (Å²) in [6.45, 7) is 11.6. The first kappa shape index (κ1) is 16.3. The van der Waals surface area contributed by atoms with Crippen molar-refractivity contribution in [3.63, 3.8) is 0 Å². The molecule has 0 bridgehead atoms. The Balaban J connectivity index is 1.99. The topological polar surface area (TPSA) is 24.5 Å². The van der Waals surface area contributed by atoms with Crippen molar-refractivity contribution in [3.8, 4) is 0 Å². The van der Waals surface area contributed by atoms with Gasteiger partial charge in [-0.2, -0.15) is 0 Å². The van der Waals surface area contributed by atoms with Gasteiger partial charge in [0.2, 0.25) is 0 Å². The van der Waals surface area contributed by atoms with Gasteiger partial charge in [-0.05, 0) is 45.4 Å². The van der Waals surface area contributed by atoms with Crippen LogP contribution in [0, 0.1) is 12.8 Å². The fraction of sp³-hybridized carbons (Fsp3) is 0.667. The van der Waals surface area contributed by atoms with Gasteiger partial charge in [0.15, 0.2) is 0 Å². The monoisotopic (exact) mass is 290 g/mol. The molecule has 2 unspecified atom stereocenters. The van der Waals surface area contributed by atoms with Gasteiger partial charge < -0.3 is 15.0 Å². The minimum atomic E-state index is 0.576. The van der Waals surface area contributed by atoms with E-state index in [0.717, 1.165) is 39.3 Å².